The van der Waals surface area contributed by atoms with E-state index in [0.29, 0.717) is 49.7 Å². The number of aliphatic hydroxyl groups excluding tert-OH is 6. The Morgan fingerprint density at radius 3 is 2.28 bits per heavy atom. The molecule has 3 heterocycles. The second kappa shape index (κ2) is 22.2. The highest BCUT2D eigenvalue weighted by atomic mass is 16.6. The number of Topliss-reactive ketones (excluding diaryl/α,β-unsaturated/α-hetero) is 1. The smallest absolute Gasteiger partial charge is 0.329 e. The average Bonchev–Trinajstić information content (AvgIpc) is 3.15. The lowest BCUT2D eigenvalue weighted by molar-refractivity contribution is -0.245. The number of rotatable bonds is 4. The molecule has 13 nitrogen and oxygen atoms in total. The van der Waals surface area contributed by atoms with E-state index in [1.807, 2.05) is 45.9 Å². The normalized spacial score (nSPS) is 40.1. The van der Waals surface area contributed by atoms with Gasteiger partial charge in [0, 0.05) is 37.6 Å². The van der Waals surface area contributed by atoms with Crippen molar-refractivity contribution in [3.05, 3.63) is 34.9 Å². The van der Waals surface area contributed by atoms with Gasteiger partial charge >= 0.3 is 5.97 Å². The van der Waals surface area contributed by atoms with E-state index in [2.05, 4.69) is 0 Å². The SMILES string of the molecule is CC/C1=C\CC(/C(C)=C/C(C)C(C)O)OC(=O)C2CCCCN2C(=O)C(=O)C2(O)CCCC(CC(O)CC(O)C(C)C(O)CC(O)/C(C)=C/C(C)CC(C)C1O)O2. The van der Waals surface area contributed by atoms with Gasteiger partial charge in [-0.3, -0.25) is 9.59 Å². The summed E-state index contributed by atoms with van der Waals surface area (Å²) in [7, 11) is 0. The molecule has 1 amide bonds. The number of carbonyl (C=O) groups excluding carboxylic acids is 3. The highest BCUT2D eigenvalue weighted by Gasteiger charge is 2.49. The minimum absolute atomic E-state index is 0.0334. The fraction of sp³-hybridized carbons (Fsp3) is 0.795. The van der Waals surface area contributed by atoms with Gasteiger partial charge in [0.05, 0.1) is 42.7 Å². The van der Waals surface area contributed by atoms with Gasteiger partial charge < -0.3 is 50.1 Å². The van der Waals surface area contributed by atoms with Gasteiger partial charge in [0.2, 0.25) is 5.79 Å². The van der Waals surface area contributed by atoms with Crippen molar-refractivity contribution in [3.63, 3.8) is 0 Å². The van der Waals surface area contributed by atoms with E-state index in [1.54, 1.807) is 27.7 Å². The van der Waals surface area contributed by atoms with Crippen LogP contribution in [-0.4, -0.2) is 126 Å². The molecular formula is C44H73NO12. The van der Waals surface area contributed by atoms with Crippen molar-refractivity contribution in [2.75, 3.05) is 6.54 Å². The third kappa shape index (κ3) is 13.8. The van der Waals surface area contributed by atoms with Crippen molar-refractivity contribution in [1.82, 2.24) is 4.90 Å². The number of ketones is 1. The van der Waals surface area contributed by atoms with Crippen molar-refractivity contribution in [2.24, 2.45) is 23.7 Å². The molecule has 0 aromatic heterocycles. The lowest BCUT2D eigenvalue weighted by Crippen LogP contribution is -2.58. The van der Waals surface area contributed by atoms with Crippen LogP contribution < -0.4 is 0 Å². The molecule has 0 aromatic rings. The first-order valence-corrected chi connectivity index (χ1v) is 21.3. The molecule has 2 bridgehead atoms. The van der Waals surface area contributed by atoms with E-state index in [0.717, 1.165) is 10.5 Å². The number of hydrogen-bond donors (Lipinski definition) is 7. The van der Waals surface area contributed by atoms with E-state index in [9.17, 15) is 50.1 Å². The zero-order chi connectivity index (χ0) is 42.8. The van der Waals surface area contributed by atoms with Crippen molar-refractivity contribution in [1.29, 1.82) is 0 Å². The molecule has 0 aromatic carbocycles. The van der Waals surface area contributed by atoms with Gasteiger partial charge in [-0.2, -0.15) is 0 Å². The quantitative estimate of drug-likeness (QED) is 0.122. The molecule has 0 radical (unpaired) electrons. The minimum Gasteiger partial charge on any atom is -0.456 e. The van der Waals surface area contributed by atoms with Crippen LogP contribution in [0.25, 0.3) is 0 Å². The molecule has 326 valence electrons. The minimum atomic E-state index is -2.48. The largest absolute Gasteiger partial charge is 0.456 e. The summed E-state index contributed by atoms with van der Waals surface area (Å²) in [5.41, 5.74) is 2.08. The summed E-state index contributed by atoms with van der Waals surface area (Å²) in [5, 5.41) is 77.0. The molecule has 0 spiro atoms. The van der Waals surface area contributed by atoms with Gasteiger partial charge in [-0.15, -0.1) is 0 Å². The third-order valence-corrected chi connectivity index (χ3v) is 12.5. The Morgan fingerprint density at radius 2 is 1.63 bits per heavy atom. The lowest BCUT2D eigenvalue weighted by Gasteiger charge is -2.39. The molecular weight excluding hydrogens is 734 g/mol. The Morgan fingerprint density at radius 1 is 0.965 bits per heavy atom. The van der Waals surface area contributed by atoms with Crippen LogP contribution in [-0.2, 0) is 23.9 Å². The predicted molar refractivity (Wildman–Crippen MR) is 215 cm³/mol. The van der Waals surface area contributed by atoms with E-state index in [4.69, 9.17) is 9.47 Å². The second-order valence-corrected chi connectivity index (χ2v) is 17.5. The zero-order valence-electron chi connectivity index (χ0n) is 35.5. The number of aliphatic hydroxyl groups is 7. The fourth-order valence-electron chi connectivity index (χ4n) is 8.44. The molecule has 57 heavy (non-hydrogen) atoms. The van der Waals surface area contributed by atoms with Crippen LogP contribution in [0.4, 0.5) is 0 Å². The summed E-state index contributed by atoms with van der Waals surface area (Å²) in [6.45, 7) is 14.7. The highest BCUT2D eigenvalue weighted by molar-refractivity contribution is 6.39. The number of cyclic esters (lactones) is 1. The number of ether oxygens (including phenoxy) is 2. The van der Waals surface area contributed by atoms with Crippen molar-refractivity contribution < 1.29 is 59.6 Å². The highest BCUT2D eigenvalue weighted by Crippen LogP contribution is 2.33. The number of hydrogen-bond acceptors (Lipinski definition) is 12. The number of allylic oxidation sites excluding steroid dienone is 1. The van der Waals surface area contributed by atoms with Crippen LogP contribution in [0.1, 0.15) is 132 Å². The summed E-state index contributed by atoms with van der Waals surface area (Å²) in [5.74, 6) is -6.63. The van der Waals surface area contributed by atoms with Crippen LogP contribution in [0.3, 0.4) is 0 Å². The molecule has 2 saturated heterocycles. The Kier molecular flexibility index (Phi) is 19.0. The summed E-state index contributed by atoms with van der Waals surface area (Å²) in [4.78, 5) is 42.8. The first-order chi connectivity index (χ1) is 26.7. The summed E-state index contributed by atoms with van der Waals surface area (Å²) >= 11 is 0. The number of fused-ring (bicyclic) bond motifs is 3. The topological polar surface area (TPSA) is 215 Å². The maximum Gasteiger partial charge on any atom is 0.329 e. The molecule has 3 aliphatic heterocycles. The first kappa shape index (κ1) is 48.9. The molecule has 3 aliphatic rings. The van der Waals surface area contributed by atoms with Gasteiger partial charge in [0.15, 0.2) is 0 Å². The Hall–Kier alpha value is -2.49. The van der Waals surface area contributed by atoms with Gasteiger partial charge in [0.1, 0.15) is 12.1 Å². The average molecular weight is 808 g/mol. The van der Waals surface area contributed by atoms with Gasteiger partial charge in [-0.05, 0) is 107 Å². The lowest BCUT2D eigenvalue weighted by atomic mass is 9.85. The molecule has 14 atom stereocenters. The predicted octanol–water partition coefficient (Wildman–Crippen LogP) is 4.03. The molecule has 2 fully saturated rings. The van der Waals surface area contributed by atoms with E-state index >= 15 is 0 Å². The monoisotopic (exact) mass is 808 g/mol. The zero-order valence-corrected chi connectivity index (χ0v) is 35.5. The third-order valence-electron chi connectivity index (χ3n) is 12.5. The van der Waals surface area contributed by atoms with Crippen LogP contribution >= 0.6 is 0 Å². The van der Waals surface area contributed by atoms with Gasteiger partial charge in [-0.1, -0.05) is 52.8 Å². The molecule has 13 heteroatoms. The number of nitrogens with zero attached hydrogens (tertiary/aromatic N) is 1. The number of esters is 1. The second-order valence-electron chi connectivity index (χ2n) is 17.5. The summed E-state index contributed by atoms with van der Waals surface area (Å²) in [6.07, 6.45) is 1.23. The van der Waals surface area contributed by atoms with Crippen molar-refractivity contribution in [3.8, 4) is 0 Å². The molecule has 7 N–H and O–H groups in total. The van der Waals surface area contributed by atoms with E-state index in [1.165, 1.54) is 0 Å². The fourth-order valence-corrected chi connectivity index (χ4v) is 8.44. The van der Waals surface area contributed by atoms with Gasteiger partial charge in [0.25, 0.3) is 11.7 Å². The number of amides is 1. The molecule has 0 saturated carbocycles. The van der Waals surface area contributed by atoms with Crippen LogP contribution in [0.5, 0.6) is 0 Å². The van der Waals surface area contributed by atoms with Crippen molar-refractivity contribution in [2.45, 2.75) is 193 Å². The molecule has 14 unspecified atom stereocenters. The maximum atomic E-state index is 14.0. The van der Waals surface area contributed by atoms with E-state index in [-0.39, 0.29) is 62.8 Å². The Bertz CT molecular complexity index is 1430. The van der Waals surface area contributed by atoms with Crippen LogP contribution in [0.15, 0.2) is 34.9 Å². The first-order valence-electron chi connectivity index (χ1n) is 21.3. The number of carbonyl (C=O) groups is 3. The molecule has 0 aliphatic carbocycles. The van der Waals surface area contributed by atoms with E-state index < -0.39 is 84.2 Å². The van der Waals surface area contributed by atoms with Crippen molar-refractivity contribution >= 4 is 17.7 Å². The number of piperidine rings is 1. The molecule has 3 rings (SSSR count). The van der Waals surface area contributed by atoms with Crippen LogP contribution in [0, 0.1) is 23.7 Å². The standard InChI is InChI=1S/C44H73NO12/c1-9-32-15-16-39(28(5)21-26(3)31(8)46)56-43(54)35-14-10-11-18-45(35)42(53)41(52)44(55)17-12-13-34(57-44)22-33(47)23-37(49)30(7)38(50)24-36(48)27(4)19-25(2)20-29(6)40(32)51/h15,19,21,25-26,29-31,33-40,46-51,55H,9-14,16-18,20,22-24H2,1-8H3/b27-19+,28-21+,32-15+. The Balaban J connectivity index is 2.01. The Labute approximate surface area is 339 Å². The van der Waals surface area contributed by atoms with Gasteiger partial charge in [-0.25, -0.2) is 4.79 Å². The maximum absolute atomic E-state index is 14.0. The summed E-state index contributed by atoms with van der Waals surface area (Å²) in [6, 6.07) is -1.09. The summed E-state index contributed by atoms with van der Waals surface area (Å²) < 4.78 is 12.0. The van der Waals surface area contributed by atoms with Crippen LogP contribution in [0.2, 0.25) is 0 Å².